The van der Waals surface area contributed by atoms with Crippen molar-refractivity contribution in [3.05, 3.63) is 47.0 Å². The average Bonchev–Trinajstić information content (AvgIpc) is 2.62. The zero-order valence-corrected chi connectivity index (χ0v) is 16.3. The molecule has 0 atom stereocenters. The first-order chi connectivity index (χ1) is 12.2. The van der Waals surface area contributed by atoms with Gasteiger partial charge in [-0.3, -0.25) is 4.79 Å². The highest BCUT2D eigenvalue weighted by molar-refractivity contribution is 7.89. The Morgan fingerprint density at radius 2 is 1.73 bits per heavy atom. The number of nitrogens with one attached hydrogen (secondary N) is 1. The number of methoxy groups -OCH3 is 2. The molecule has 0 aliphatic rings. The van der Waals surface area contributed by atoms with Crippen LogP contribution in [0, 0.1) is 0 Å². The maximum atomic E-state index is 12.6. The molecule has 2 aromatic rings. The van der Waals surface area contributed by atoms with Crippen LogP contribution in [0.3, 0.4) is 0 Å². The van der Waals surface area contributed by atoms with Crippen LogP contribution in [0.15, 0.2) is 41.3 Å². The van der Waals surface area contributed by atoms with Crippen molar-refractivity contribution in [3.63, 3.8) is 0 Å². The molecule has 7 nitrogen and oxygen atoms in total. The molecule has 1 amide bonds. The number of sulfonamides is 1. The number of nitrogens with zero attached hydrogens (tertiary/aromatic N) is 1. The fraction of sp³-hybridized carbons (Fsp3) is 0.235. The van der Waals surface area contributed by atoms with E-state index >= 15 is 0 Å². The zero-order valence-electron chi connectivity index (χ0n) is 14.7. The fourth-order valence-corrected chi connectivity index (χ4v) is 3.34. The van der Waals surface area contributed by atoms with E-state index in [1.54, 1.807) is 0 Å². The summed E-state index contributed by atoms with van der Waals surface area (Å²) < 4.78 is 35.9. The second-order valence-electron chi connectivity index (χ2n) is 5.46. The zero-order chi connectivity index (χ0) is 19.5. The maximum absolute atomic E-state index is 12.6. The number of carbonyl (C=O) groups is 1. The quantitative estimate of drug-likeness (QED) is 0.808. The standard InChI is InChI=1S/C17H19ClN2O5S/c1-20(2)26(22,23)12-7-5-6-11(8-12)17(21)19-14-10-15(24-3)13(18)9-16(14)25-4/h5-10H,1-4H3,(H,19,21). The van der Waals surface area contributed by atoms with Crippen LogP contribution in [0.5, 0.6) is 11.5 Å². The molecule has 0 fully saturated rings. The molecule has 2 rings (SSSR count). The number of anilines is 1. The molecule has 0 aromatic heterocycles. The number of amides is 1. The number of carbonyl (C=O) groups excluding carboxylic acids is 1. The Morgan fingerprint density at radius 3 is 2.31 bits per heavy atom. The van der Waals surface area contributed by atoms with Crippen LogP contribution in [0.25, 0.3) is 0 Å². The van der Waals surface area contributed by atoms with Gasteiger partial charge in [-0.25, -0.2) is 12.7 Å². The third-order valence-electron chi connectivity index (χ3n) is 3.60. The molecule has 0 aliphatic heterocycles. The van der Waals surface area contributed by atoms with Crippen LogP contribution in [-0.2, 0) is 10.0 Å². The lowest BCUT2D eigenvalue weighted by molar-refractivity contribution is 0.102. The minimum Gasteiger partial charge on any atom is -0.495 e. The van der Waals surface area contributed by atoms with Gasteiger partial charge in [0.25, 0.3) is 5.91 Å². The summed E-state index contributed by atoms with van der Waals surface area (Å²) in [6, 6.07) is 8.80. The van der Waals surface area contributed by atoms with Crippen molar-refractivity contribution in [1.82, 2.24) is 4.31 Å². The van der Waals surface area contributed by atoms with Gasteiger partial charge in [-0.1, -0.05) is 17.7 Å². The minimum absolute atomic E-state index is 0.0239. The normalized spacial score (nSPS) is 11.3. The maximum Gasteiger partial charge on any atom is 0.255 e. The van der Waals surface area contributed by atoms with Gasteiger partial charge in [0.05, 0.1) is 29.8 Å². The summed E-state index contributed by atoms with van der Waals surface area (Å²) in [7, 11) is 2.10. The van der Waals surface area contributed by atoms with E-state index < -0.39 is 15.9 Å². The lowest BCUT2D eigenvalue weighted by atomic mass is 10.2. The van der Waals surface area contributed by atoms with Crippen molar-refractivity contribution in [2.24, 2.45) is 0 Å². The van der Waals surface area contributed by atoms with Crippen LogP contribution in [0.4, 0.5) is 5.69 Å². The molecule has 0 unspecified atom stereocenters. The van der Waals surface area contributed by atoms with Gasteiger partial charge < -0.3 is 14.8 Å². The molecular weight excluding hydrogens is 380 g/mol. The molecule has 0 bridgehead atoms. The molecular formula is C17H19ClN2O5S. The highest BCUT2D eigenvalue weighted by Gasteiger charge is 2.19. The summed E-state index contributed by atoms with van der Waals surface area (Å²) in [4.78, 5) is 12.6. The fourth-order valence-electron chi connectivity index (χ4n) is 2.16. The van der Waals surface area contributed by atoms with Gasteiger partial charge in [0.15, 0.2) is 0 Å². The van der Waals surface area contributed by atoms with Crippen molar-refractivity contribution in [2.75, 3.05) is 33.6 Å². The van der Waals surface area contributed by atoms with Crippen LogP contribution >= 0.6 is 11.6 Å². The average molecular weight is 399 g/mol. The van der Waals surface area contributed by atoms with E-state index in [1.807, 2.05) is 0 Å². The van der Waals surface area contributed by atoms with E-state index in [4.69, 9.17) is 21.1 Å². The van der Waals surface area contributed by atoms with Crippen molar-refractivity contribution < 1.29 is 22.7 Å². The molecule has 140 valence electrons. The number of hydrogen-bond acceptors (Lipinski definition) is 5. The van der Waals surface area contributed by atoms with E-state index in [0.29, 0.717) is 22.2 Å². The third kappa shape index (κ3) is 4.09. The van der Waals surface area contributed by atoms with Gasteiger partial charge >= 0.3 is 0 Å². The third-order valence-corrected chi connectivity index (χ3v) is 5.70. The van der Waals surface area contributed by atoms with Gasteiger partial charge in [-0.05, 0) is 18.2 Å². The Labute approximate surface area is 157 Å². The van der Waals surface area contributed by atoms with E-state index in [-0.39, 0.29) is 10.5 Å². The number of ether oxygens (including phenoxy) is 2. The molecule has 0 radical (unpaired) electrons. The predicted molar refractivity (Wildman–Crippen MR) is 99.8 cm³/mol. The van der Waals surface area contributed by atoms with Crippen LogP contribution in [-0.4, -0.2) is 46.9 Å². The smallest absolute Gasteiger partial charge is 0.255 e. The molecule has 0 saturated heterocycles. The number of hydrogen-bond donors (Lipinski definition) is 1. The second-order valence-corrected chi connectivity index (χ2v) is 8.02. The number of benzene rings is 2. The lowest BCUT2D eigenvalue weighted by Gasteiger charge is -2.14. The summed E-state index contributed by atoms with van der Waals surface area (Å²) >= 11 is 6.05. The van der Waals surface area contributed by atoms with Crippen LogP contribution in [0.1, 0.15) is 10.4 Å². The Bertz CT molecular complexity index is 929. The Hall–Kier alpha value is -2.29. The number of rotatable bonds is 6. The van der Waals surface area contributed by atoms with E-state index in [1.165, 1.54) is 64.7 Å². The molecule has 26 heavy (non-hydrogen) atoms. The predicted octanol–water partition coefficient (Wildman–Crippen LogP) is 2.86. The summed E-state index contributed by atoms with van der Waals surface area (Å²) in [6.07, 6.45) is 0. The van der Waals surface area contributed by atoms with Crippen LogP contribution in [0.2, 0.25) is 5.02 Å². The largest absolute Gasteiger partial charge is 0.495 e. The summed E-state index contributed by atoms with van der Waals surface area (Å²) in [5.41, 5.74) is 0.531. The lowest BCUT2D eigenvalue weighted by Crippen LogP contribution is -2.22. The van der Waals surface area contributed by atoms with E-state index in [9.17, 15) is 13.2 Å². The SMILES string of the molecule is COc1cc(NC(=O)c2cccc(S(=O)(=O)N(C)C)c2)c(OC)cc1Cl. The monoisotopic (exact) mass is 398 g/mol. The topological polar surface area (TPSA) is 84.9 Å². The molecule has 0 spiro atoms. The highest BCUT2D eigenvalue weighted by Crippen LogP contribution is 2.36. The Balaban J connectivity index is 2.37. The molecule has 0 aliphatic carbocycles. The van der Waals surface area contributed by atoms with Crippen molar-refractivity contribution in [2.45, 2.75) is 4.90 Å². The molecule has 1 N–H and O–H groups in total. The summed E-state index contributed by atoms with van der Waals surface area (Å²) in [6.45, 7) is 0. The Kier molecular flexibility index (Phi) is 6.12. The first-order valence-corrected chi connectivity index (χ1v) is 9.28. The van der Waals surface area contributed by atoms with Gasteiger partial charge in [0.2, 0.25) is 10.0 Å². The van der Waals surface area contributed by atoms with Crippen LogP contribution < -0.4 is 14.8 Å². The highest BCUT2D eigenvalue weighted by atomic mass is 35.5. The van der Waals surface area contributed by atoms with Gasteiger partial charge in [0.1, 0.15) is 11.5 Å². The van der Waals surface area contributed by atoms with Gasteiger partial charge in [0, 0.05) is 31.8 Å². The summed E-state index contributed by atoms with van der Waals surface area (Å²) in [5.74, 6) is 0.219. The first-order valence-electron chi connectivity index (χ1n) is 7.46. The Morgan fingerprint density at radius 1 is 1.08 bits per heavy atom. The van der Waals surface area contributed by atoms with E-state index in [2.05, 4.69) is 5.32 Å². The second kappa shape index (κ2) is 7.94. The minimum atomic E-state index is -3.64. The van der Waals surface area contributed by atoms with E-state index in [0.717, 1.165) is 4.31 Å². The number of halogens is 1. The van der Waals surface area contributed by atoms with Gasteiger partial charge in [-0.15, -0.1) is 0 Å². The first kappa shape index (κ1) is 20.0. The van der Waals surface area contributed by atoms with Crippen molar-refractivity contribution in [1.29, 1.82) is 0 Å². The molecule has 9 heteroatoms. The molecule has 0 heterocycles. The molecule has 0 saturated carbocycles. The summed E-state index contributed by atoms with van der Waals surface area (Å²) in [5, 5.41) is 3.01. The molecule has 2 aromatic carbocycles. The van der Waals surface area contributed by atoms with Crippen molar-refractivity contribution >= 4 is 33.2 Å². The van der Waals surface area contributed by atoms with Gasteiger partial charge in [-0.2, -0.15) is 0 Å². The van der Waals surface area contributed by atoms with Crippen molar-refractivity contribution in [3.8, 4) is 11.5 Å².